The zero-order valence-corrected chi connectivity index (χ0v) is 11.6. The zero-order valence-electron chi connectivity index (χ0n) is 11.6. The lowest BCUT2D eigenvalue weighted by molar-refractivity contribution is 0.262. The number of aliphatic hydroxyl groups excluding tert-OH is 1. The van der Waals surface area contributed by atoms with Crippen LogP contribution in [0.2, 0.25) is 0 Å². The lowest BCUT2D eigenvalue weighted by Gasteiger charge is -2.38. The van der Waals surface area contributed by atoms with Crippen molar-refractivity contribution in [1.82, 2.24) is 4.98 Å². The van der Waals surface area contributed by atoms with Crippen molar-refractivity contribution in [2.75, 3.05) is 23.8 Å². The first kappa shape index (κ1) is 13.2. The molecule has 3 rings (SSSR count). The van der Waals surface area contributed by atoms with Crippen LogP contribution in [-0.2, 0) is 0 Å². The number of piperidine rings is 1. The van der Waals surface area contributed by atoms with Gasteiger partial charge in [-0.2, -0.15) is 0 Å². The molecule has 1 aromatic carbocycles. The average molecular weight is 271 g/mol. The first-order chi connectivity index (χ1) is 9.81. The minimum absolute atomic E-state index is 0.235. The topological polar surface area (TPSA) is 62.4 Å². The van der Waals surface area contributed by atoms with Gasteiger partial charge in [-0.3, -0.25) is 4.98 Å². The van der Waals surface area contributed by atoms with Crippen molar-refractivity contribution in [3.63, 3.8) is 0 Å². The highest BCUT2D eigenvalue weighted by Crippen LogP contribution is 2.35. The van der Waals surface area contributed by atoms with Crippen LogP contribution in [0, 0.1) is 0 Å². The van der Waals surface area contributed by atoms with Gasteiger partial charge < -0.3 is 15.7 Å². The largest absolute Gasteiger partial charge is 0.397 e. The number of benzene rings is 1. The highest BCUT2D eigenvalue weighted by Gasteiger charge is 2.24. The third-order valence-electron chi connectivity index (χ3n) is 4.24. The molecule has 1 fully saturated rings. The van der Waals surface area contributed by atoms with Crippen LogP contribution in [0.25, 0.3) is 10.8 Å². The summed E-state index contributed by atoms with van der Waals surface area (Å²) in [6.07, 6.45) is 8.00. The summed E-state index contributed by atoms with van der Waals surface area (Å²) >= 11 is 0. The van der Waals surface area contributed by atoms with Gasteiger partial charge in [-0.15, -0.1) is 0 Å². The first-order valence-electron chi connectivity index (χ1n) is 7.31. The summed E-state index contributed by atoms with van der Waals surface area (Å²) in [6.45, 7) is 1.25. The Morgan fingerprint density at radius 1 is 1.30 bits per heavy atom. The Morgan fingerprint density at radius 2 is 2.20 bits per heavy atom. The van der Waals surface area contributed by atoms with E-state index in [0.29, 0.717) is 6.04 Å². The normalized spacial score (nSPS) is 19.4. The zero-order chi connectivity index (χ0) is 13.9. The predicted molar refractivity (Wildman–Crippen MR) is 82.8 cm³/mol. The summed E-state index contributed by atoms with van der Waals surface area (Å²) < 4.78 is 0. The van der Waals surface area contributed by atoms with E-state index in [1.165, 1.54) is 12.8 Å². The quantitative estimate of drug-likeness (QED) is 0.842. The van der Waals surface area contributed by atoms with Crippen LogP contribution in [0.1, 0.15) is 25.7 Å². The van der Waals surface area contributed by atoms with E-state index in [1.54, 1.807) is 6.20 Å². The third kappa shape index (κ3) is 2.31. The minimum atomic E-state index is 0.235. The fourth-order valence-electron chi connectivity index (χ4n) is 3.20. The summed E-state index contributed by atoms with van der Waals surface area (Å²) in [5.41, 5.74) is 8.30. The average Bonchev–Trinajstić information content (AvgIpc) is 2.49. The van der Waals surface area contributed by atoms with Gasteiger partial charge in [0, 0.05) is 42.4 Å². The van der Waals surface area contributed by atoms with Gasteiger partial charge in [0.05, 0.1) is 11.4 Å². The predicted octanol–water partition coefficient (Wildman–Crippen LogP) is 2.56. The van der Waals surface area contributed by atoms with E-state index in [0.717, 1.165) is 41.5 Å². The summed E-state index contributed by atoms with van der Waals surface area (Å²) in [5.74, 6) is 0. The Bertz CT molecular complexity index is 597. The van der Waals surface area contributed by atoms with Crippen molar-refractivity contribution in [1.29, 1.82) is 0 Å². The molecule has 1 aromatic heterocycles. The van der Waals surface area contributed by atoms with Gasteiger partial charge in [0.15, 0.2) is 0 Å². The lowest BCUT2D eigenvalue weighted by Crippen LogP contribution is -2.40. The molecule has 0 amide bonds. The molecule has 0 aliphatic carbocycles. The number of hydrogen-bond acceptors (Lipinski definition) is 4. The molecule has 2 aromatic rings. The summed E-state index contributed by atoms with van der Waals surface area (Å²) in [7, 11) is 0. The maximum atomic E-state index is 9.26. The summed E-state index contributed by atoms with van der Waals surface area (Å²) in [6, 6.07) is 6.54. The molecular weight excluding hydrogens is 250 g/mol. The molecule has 0 radical (unpaired) electrons. The maximum Gasteiger partial charge on any atom is 0.0632 e. The van der Waals surface area contributed by atoms with Crippen LogP contribution >= 0.6 is 0 Å². The molecule has 4 heteroatoms. The number of rotatable bonds is 3. The molecule has 2 heterocycles. The molecule has 1 atom stereocenters. The number of aliphatic hydroxyl groups is 1. The molecule has 0 bridgehead atoms. The van der Waals surface area contributed by atoms with Crippen molar-refractivity contribution in [2.24, 2.45) is 0 Å². The van der Waals surface area contributed by atoms with Crippen LogP contribution in [0.5, 0.6) is 0 Å². The molecular formula is C16H21N3O. The first-order valence-corrected chi connectivity index (χ1v) is 7.31. The maximum absolute atomic E-state index is 9.26. The van der Waals surface area contributed by atoms with E-state index in [4.69, 9.17) is 5.73 Å². The van der Waals surface area contributed by atoms with Crippen molar-refractivity contribution < 1.29 is 5.11 Å². The molecule has 1 saturated heterocycles. The summed E-state index contributed by atoms with van der Waals surface area (Å²) in [5, 5.41) is 11.4. The number of nitrogen functional groups attached to an aromatic ring is 1. The Balaban J connectivity index is 2.01. The van der Waals surface area contributed by atoms with Crippen LogP contribution in [0.3, 0.4) is 0 Å². The molecule has 4 nitrogen and oxygen atoms in total. The van der Waals surface area contributed by atoms with Gasteiger partial charge in [-0.05, 0) is 37.8 Å². The van der Waals surface area contributed by atoms with Crippen molar-refractivity contribution >= 4 is 22.1 Å². The van der Waals surface area contributed by atoms with Gasteiger partial charge in [0.2, 0.25) is 0 Å². The van der Waals surface area contributed by atoms with Gasteiger partial charge in [0.25, 0.3) is 0 Å². The Morgan fingerprint density at radius 3 is 3.05 bits per heavy atom. The summed E-state index contributed by atoms with van der Waals surface area (Å²) in [4.78, 5) is 6.51. The number of hydrogen-bond donors (Lipinski definition) is 2. The molecule has 1 aliphatic heterocycles. The Kier molecular flexibility index (Phi) is 3.74. The van der Waals surface area contributed by atoms with Crippen molar-refractivity contribution in [2.45, 2.75) is 31.7 Å². The standard InChI is InChI=1S/C16H21N3O/c17-16-14-6-8-18-11-12(14)4-5-15(16)19-9-2-1-3-13(19)7-10-20/h4-6,8,11,13,20H,1-3,7,9-10,17H2. The van der Waals surface area contributed by atoms with Crippen LogP contribution in [0.4, 0.5) is 11.4 Å². The number of anilines is 2. The molecule has 3 N–H and O–H groups in total. The Labute approximate surface area is 119 Å². The second-order valence-electron chi connectivity index (χ2n) is 5.45. The highest BCUT2D eigenvalue weighted by molar-refractivity contribution is 5.98. The number of nitrogens with zero attached hydrogens (tertiary/aromatic N) is 2. The Hall–Kier alpha value is -1.81. The van der Waals surface area contributed by atoms with E-state index >= 15 is 0 Å². The van der Waals surface area contributed by atoms with E-state index in [-0.39, 0.29) is 6.61 Å². The SMILES string of the molecule is Nc1c(N2CCCCC2CCO)ccc2cnccc12. The van der Waals surface area contributed by atoms with Crippen LogP contribution in [-0.4, -0.2) is 29.3 Å². The molecule has 1 aliphatic rings. The molecule has 0 spiro atoms. The number of aromatic nitrogens is 1. The van der Waals surface area contributed by atoms with E-state index in [9.17, 15) is 5.11 Å². The van der Waals surface area contributed by atoms with E-state index in [2.05, 4.69) is 22.0 Å². The van der Waals surface area contributed by atoms with Crippen LogP contribution < -0.4 is 10.6 Å². The number of pyridine rings is 1. The van der Waals surface area contributed by atoms with Crippen molar-refractivity contribution in [3.05, 3.63) is 30.6 Å². The van der Waals surface area contributed by atoms with E-state index in [1.807, 2.05) is 12.3 Å². The second-order valence-corrected chi connectivity index (χ2v) is 5.45. The molecule has 106 valence electrons. The number of nitrogens with two attached hydrogens (primary N) is 1. The van der Waals surface area contributed by atoms with Gasteiger partial charge in [-0.25, -0.2) is 0 Å². The van der Waals surface area contributed by atoms with Crippen molar-refractivity contribution in [3.8, 4) is 0 Å². The number of fused-ring (bicyclic) bond motifs is 1. The molecule has 20 heavy (non-hydrogen) atoms. The van der Waals surface area contributed by atoms with Gasteiger partial charge in [0.1, 0.15) is 0 Å². The van der Waals surface area contributed by atoms with Gasteiger partial charge >= 0.3 is 0 Å². The minimum Gasteiger partial charge on any atom is -0.397 e. The fourth-order valence-corrected chi connectivity index (χ4v) is 3.20. The lowest BCUT2D eigenvalue weighted by atomic mass is 9.97. The van der Waals surface area contributed by atoms with Gasteiger partial charge in [-0.1, -0.05) is 6.07 Å². The molecule has 0 saturated carbocycles. The molecule has 1 unspecified atom stereocenters. The third-order valence-corrected chi connectivity index (χ3v) is 4.24. The second kappa shape index (κ2) is 5.67. The van der Waals surface area contributed by atoms with E-state index < -0.39 is 0 Å². The highest BCUT2D eigenvalue weighted by atomic mass is 16.3. The fraction of sp³-hybridized carbons (Fsp3) is 0.438. The smallest absolute Gasteiger partial charge is 0.0632 e. The van der Waals surface area contributed by atoms with Crippen LogP contribution in [0.15, 0.2) is 30.6 Å². The monoisotopic (exact) mass is 271 g/mol.